The van der Waals surface area contributed by atoms with Gasteiger partial charge in [-0.2, -0.15) is 0 Å². The Bertz CT molecular complexity index is 1980. The molecule has 0 aliphatic carbocycles. The predicted octanol–water partition coefficient (Wildman–Crippen LogP) is 13.9. The number of ether oxygens (including phenoxy) is 3. The highest BCUT2D eigenvalue weighted by Crippen LogP contribution is 2.28. The number of rotatable bonds is 23. The van der Waals surface area contributed by atoms with Crippen LogP contribution in [0.25, 0.3) is 0 Å². The van der Waals surface area contributed by atoms with Gasteiger partial charge in [-0.05, 0) is 172 Å². The molecular formula is C55H108O12Si7. The molecule has 0 spiro atoms. The fourth-order valence-electron chi connectivity index (χ4n) is 8.05. The van der Waals surface area contributed by atoms with E-state index in [1.54, 1.807) is 20.8 Å². The maximum atomic E-state index is 11.7. The molecule has 2 fully saturated rings. The molecule has 2 aliphatic rings. The molecule has 2 aromatic carbocycles. The Labute approximate surface area is 464 Å². The molecule has 2 aromatic rings. The van der Waals surface area contributed by atoms with Crippen molar-refractivity contribution in [1.82, 2.24) is 0 Å². The fraction of sp³-hybridized carbons (Fsp3) is 0.618. The van der Waals surface area contributed by atoms with Crippen LogP contribution in [0.15, 0.2) is 97.1 Å². The lowest BCUT2D eigenvalue weighted by Gasteiger charge is -2.42. The van der Waals surface area contributed by atoms with E-state index in [0.29, 0.717) is 36.5 Å². The largest absolute Gasteiger partial charge is 0.462 e. The van der Waals surface area contributed by atoms with E-state index < -0.39 is 58.7 Å². The monoisotopic (exact) mass is 1160 g/mol. The Kier molecular flexibility index (Phi) is 32.8. The highest BCUT2D eigenvalue weighted by atomic mass is 28.5. The van der Waals surface area contributed by atoms with Crippen molar-refractivity contribution < 1.29 is 60.5 Å². The van der Waals surface area contributed by atoms with Gasteiger partial charge in [0, 0.05) is 35.9 Å². The third kappa shape index (κ3) is 32.8. The van der Waals surface area contributed by atoms with Crippen LogP contribution in [0.3, 0.4) is 0 Å². The molecule has 74 heavy (non-hydrogen) atoms. The third-order valence-electron chi connectivity index (χ3n) is 11.8. The van der Waals surface area contributed by atoms with Crippen LogP contribution in [0, 0.1) is 0 Å². The van der Waals surface area contributed by atoms with Crippen LogP contribution in [-0.4, -0.2) is 114 Å². The second-order valence-corrected chi connectivity index (χ2v) is 50.4. The maximum Gasteiger partial charge on any atom is 0.350 e. The van der Waals surface area contributed by atoms with Crippen LogP contribution in [-0.2, 0) is 49.8 Å². The van der Waals surface area contributed by atoms with Crippen molar-refractivity contribution in [2.24, 2.45) is 0 Å². The van der Waals surface area contributed by atoms with E-state index in [1.165, 1.54) is 43.0 Å². The van der Waals surface area contributed by atoms with Gasteiger partial charge < -0.3 is 40.2 Å². The quantitative estimate of drug-likeness (QED) is 0.0372. The molecule has 19 heteroatoms. The predicted molar refractivity (Wildman–Crippen MR) is 332 cm³/mol. The van der Waals surface area contributed by atoms with E-state index in [-0.39, 0.29) is 32.8 Å². The van der Waals surface area contributed by atoms with E-state index in [4.69, 9.17) is 41.3 Å². The van der Waals surface area contributed by atoms with E-state index in [1.807, 2.05) is 31.3 Å². The molecule has 0 aromatic heterocycles. The summed E-state index contributed by atoms with van der Waals surface area (Å²) in [5.74, 6) is -1.06. The molecule has 2 aliphatic heterocycles. The molecular weight excluding hydrogens is 1050 g/mol. The summed E-state index contributed by atoms with van der Waals surface area (Å²) in [4.78, 5) is 43.7. The van der Waals surface area contributed by atoms with Crippen molar-refractivity contribution in [2.45, 2.75) is 189 Å². The Morgan fingerprint density at radius 2 is 0.973 bits per heavy atom. The Morgan fingerprint density at radius 3 is 1.32 bits per heavy atom. The van der Waals surface area contributed by atoms with Gasteiger partial charge in [-0.25, -0.2) is 14.4 Å². The van der Waals surface area contributed by atoms with Crippen molar-refractivity contribution in [3.05, 3.63) is 97.1 Å². The first-order valence-electron chi connectivity index (χ1n) is 27.9. The molecule has 1 N–H and O–H groups in total. The molecule has 2 heterocycles. The first-order chi connectivity index (χ1) is 35.2. The van der Waals surface area contributed by atoms with Crippen LogP contribution >= 0.6 is 0 Å². The van der Waals surface area contributed by atoms with Crippen LogP contribution < -0.4 is 10.4 Å². The molecule has 2 atom stereocenters. The number of carbonyl (C=O) groups is 3. The number of carbonyl (C=O) groups excluding carboxylic acids is 3. The zero-order chi connectivity index (χ0) is 58.9. The molecule has 428 valence electrons. The van der Waals surface area contributed by atoms with Gasteiger partial charge in [0.25, 0.3) is 0 Å². The summed E-state index contributed by atoms with van der Waals surface area (Å²) < 4.78 is 67.7. The first kappa shape index (κ1) is 69.4. The third-order valence-corrected chi connectivity index (χ3v) is 35.6. The molecule has 4 rings (SSSR count). The van der Waals surface area contributed by atoms with Gasteiger partial charge >= 0.3 is 35.0 Å². The van der Waals surface area contributed by atoms with Crippen LogP contribution in [0.2, 0.25) is 109 Å². The average Bonchev–Trinajstić information content (AvgIpc) is 3.34. The van der Waals surface area contributed by atoms with Gasteiger partial charge in [-0.15, -0.1) is 0 Å². The molecule has 0 bridgehead atoms. The standard InChI is InChI=1S/C27H48O7Si4.C11H16OSi.C9H18O3Si.C6H14OSi.2CH4.2H2/c1-23(2)26(28)30-19-15-21-35(5,6)32-37(9,10)34-38(11,25-17-13-12-14-18-25)33-36(7,8)22-16-20-31-27(29)24(3)4;1-13(10-6-5-9-12-13)11-7-3-2-4-8-11;1-8(2)9(10)12-6-5-7-13(3,4)11;1-8(2)6-4-3-5-7-8;;;;/h12-14,17-18H,1,3,15-16,19-22H2,2,4-11H3;2-4,7-8H,5-6,9-10H2,1H3;11H,1,5-7H2,2-4H3;3-6H2,1-2H3;2*1H4;2*1H/i;;;;;;2*1+1D. The van der Waals surface area contributed by atoms with Gasteiger partial charge in [-0.1, -0.05) is 108 Å². The molecule has 2 unspecified atom stereocenters. The average molecular weight is 1160 g/mol. The van der Waals surface area contributed by atoms with Gasteiger partial charge in [0.2, 0.25) is 8.32 Å². The number of hydrogen-bond donors (Lipinski definition) is 1. The van der Waals surface area contributed by atoms with E-state index in [0.717, 1.165) is 55.8 Å². The smallest absolute Gasteiger partial charge is 0.350 e. The molecule has 0 saturated carbocycles. The lowest BCUT2D eigenvalue weighted by molar-refractivity contribution is -0.139. The van der Waals surface area contributed by atoms with Crippen molar-refractivity contribution in [3.63, 3.8) is 0 Å². The normalized spacial score (nSPS) is 17.4. The summed E-state index contributed by atoms with van der Waals surface area (Å²) in [5, 5.41) is 2.53. The van der Waals surface area contributed by atoms with Gasteiger partial charge in [0.15, 0.2) is 33.3 Å². The van der Waals surface area contributed by atoms with Crippen molar-refractivity contribution in [2.75, 3.05) is 33.0 Å². The summed E-state index contributed by atoms with van der Waals surface area (Å²) in [6.07, 6.45) is 7.48. The van der Waals surface area contributed by atoms with Crippen LogP contribution in [0.4, 0.5) is 0 Å². The fourth-order valence-corrected chi connectivity index (χ4v) is 32.9. The summed E-state index contributed by atoms with van der Waals surface area (Å²) >= 11 is 0. The van der Waals surface area contributed by atoms with E-state index in [9.17, 15) is 19.2 Å². The lowest BCUT2D eigenvalue weighted by Crippen LogP contribution is -2.63. The lowest BCUT2D eigenvalue weighted by atomic mass is 10.3. The van der Waals surface area contributed by atoms with Crippen LogP contribution in [0.1, 0.15) is 86.5 Å². The van der Waals surface area contributed by atoms with E-state index in [2.05, 4.69) is 128 Å². The minimum Gasteiger partial charge on any atom is -0.462 e. The maximum absolute atomic E-state index is 11.7. The zero-order valence-electron chi connectivity index (χ0n) is 51.4. The van der Waals surface area contributed by atoms with Crippen LogP contribution in [0.5, 0.6) is 0 Å². The highest BCUT2D eigenvalue weighted by Gasteiger charge is 2.47. The molecule has 0 amide bonds. The second-order valence-electron chi connectivity index (χ2n) is 22.4. The summed E-state index contributed by atoms with van der Waals surface area (Å²) in [5.41, 5.74) is 1.23. The molecule has 0 radical (unpaired) electrons. The Hall–Kier alpha value is -2.65. The van der Waals surface area contributed by atoms with Crippen molar-refractivity contribution >= 4 is 87.0 Å². The molecule has 2 saturated heterocycles. The summed E-state index contributed by atoms with van der Waals surface area (Å²) in [7, 11) is -14.3. The zero-order valence-corrected chi connectivity index (χ0v) is 54.4. The number of esters is 3. The molecule has 12 nitrogen and oxygen atoms in total. The summed E-state index contributed by atoms with van der Waals surface area (Å²) in [6, 6.07) is 26.0. The van der Waals surface area contributed by atoms with Gasteiger partial charge in [-0.3, -0.25) is 0 Å². The van der Waals surface area contributed by atoms with Gasteiger partial charge in [0.05, 0.1) is 19.8 Å². The summed E-state index contributed by atoms with van der Waals surface area (Å²) in [6.45, 7) is 44.4. The highest BCUT2D eigenvalue weighted by molar-refractivity contribution is 6.95. The topological polar surface area (TPSA) is 145 Å². The second kappa shape index (κ2) is 35.0. The number of hydrogen-bond acceptors (Lipinski definition) is 12. The van der Waals surface area contributed by atoms with E-state index >= 15 is 0 Å². The van der Waals surface area contributed by atoms with Crippen molar-refractivity contribution in [1.29, 1.82) is 0 Å². The first-order valence-corrected chi connectivity index (χ1v) is 46.2. The van der Waals surface area contributed by atoms with Crippen molar-refractivity contribution in [3.8, 4) is 0 Å². The van der Waals surface area contributed by atoms with Gasteiger partial charge in [0.1, 0.15) is 0 Å². The number of benzene rings is 2. The minimum absolute atomic E-state index is 0. The Balaban J connectivity index is -0.000000552. The Morgan fingerprint density at radius 1 is 0.581 bits per heavy atom. The SMILES string of the molecule is C.C.C=C(C)C(=O)OCCC[Si](C)(C)O.C=C(C)C(=O)OCCC[Si](C)(C)O[Si](C)(C)O[Si](C)(O[Si](C)(C)CCCOC(=O)C(=C)C)c1ccccc1.C[Si]1(C)CCCCO1.C[Si]1(c2ccccc2)CCCCO1.[2H][2H].[2H][2H]. The minimum atomic E-state index is -2.84.